The third-order valence-corrected chi connectivity index (χ3v) is 2.68. The molecule has 0 saturated heterocycles. The Morgan fingerprint density at radius 1 is 1.23 bits per heavy atom. The van der Waals surface area contributed by atoms with Crippen molar-refractivity contribution in [3.05, 3.63) is 29.8 Å². The summed E-state index contributed by atoms with van der Waals surface area (Å²) in [6.45, 7) is 1.58. The highest BCUT2D eigenvalue weighted by atomic mass is 16.5. The van der Waals surface area contributed by atoms with Gasteiger partial charge in [0.05, 0.1) is 13.7 Å². The summed E-state index contributed by atoms with van der Waals surface area (Å²) in [5, 5.41) is 4.73. The van der Waals surface area contributed by atoms with Crippen molar-refractivity contribution in [1.29, 1.82) is 0 Å². The number of methoxy groups -OCH3 is 1. The fourth-order valence-corrected chi connectivity index (χ4v) is 1.63. The maximum atomic E-state index is 11.8. The fourth-order valence-electron chi connectivity index (χ4n) is 1.63. The van der Waals surface area contributed by atoms with Crippen LogP contribution < -0.4 is 16.4 Å². The van der Waals surface area contributed by atoms with Crippen LogP contribution in [-0.2, 0) is 19.1 Å². The van der Waals surface area contributed by atoms with Crippen molar-refractivity contribution in [2.45, 2.75) is 13.0 Å². The molecule has 0 aliphatic rings. The van der Waals surface area contributed by atoms with E-state index in [1.807, 2.05) is 0 Å². The Labute approximate surface area is 128 Å². The second-order valence-electron chi connectivity index (χ2n) is 4.25. The van der Waals surface area contributed by atoms with Crippen molar-refractivity contribution in [3.63, 3.8) is 0 Å². The van der Waals surface area contributed by atoms with Crippen molar-refractivity contribution < 1.29 is 23.9 Å². The minimum Gasteiger partial charge on any atom is -0.467 e. The molecule has 1 aromatic rings. The van der Waals surface area contributed by atoms with Crippen LogP contribution in [0.2, 0.25) is 0 Å². The SMILES string of the molecule is CCOC(=O)CNC(=O)NC(C(=O)OC)c1ccc(N)cc1. The number of rotatable bonds is 6. The zero-order chi connectivity index (χ0) is 16.5. The van der Waals surface area contributed by atoms with E-state index in [4.69, 9.17) is 5.73 Å². The molecule has 22 heavy (non-hydrogen) atoms. The Balaban J connectivity index is 2.69. The summed E-state index contributed by atoms with van der Waals surface area (Å²) >= 11 is 0. The standard InChI is InChI=1S/C14H19N3O5/c1-3-22-11(18)8-16-14(20)17-12(13(19)21-2)9-4-6-10(15)7-5-9/h4-7,12H,3,8,15H2,1-2H3,(H2,16,17,20). The number of ether oxygens (including phenoxy) is 2. The molecule has 0 radical (unpaired) electrons. The Morgan fingerprint density at radius 2 is 1.86 bits per heavy atom. The lowest BCUT2D eigenvalue weighted by atomic mass is 10.1. The highest BCUT2D eigenvalue weighted by Crippen LogP contribution is 2.16. The van der Waals surface area contributed by atoms with Gasteiger partial charge in [0.1, 0.15) is 6.54 Å². The molecule has 0 fully saturated rings. The van der Waals surface area contributed by atoms with Crippen LogP contribution in [0, 0.1) is 0 Å². The first-order chi connectivity index (χ1) is 10.5. The van der Waals surface area contributed by atoms with Crippen LogP contribution in [0.15, 0.2) is 24.3 Å². The fraction of sp³-hybridized carbons (Fsp3) is 0.357. The van der Waals surface area contributed by atoms with Gasteiger partial charge in [0.15, 0.2) is 6.04 Å². The second kappa shape index (κ2) is 8.50. The lowest BCUT2D eigenvalue weighted by Gasteiger charge is -2.17. The maximum absolute atomic E-state index is 11.8. The molecule has 0 heterocycles. The Kier molecular flexibility index (Phi) is 6.68. The highest BCUT2D eigenvalue weighted by Gasteiger charge is 2.23. The molecule has 0 spiro atoms. The lowest BCUT2D eigenvalue weighted by Crippen LogP contribution is -2.43. The second-order valence-corrected chi connectivity index (χ2v) is 4.25. The topological polar surface area (TPSA) is 120 Å². The molecule has 1 rings (SSSR count). The van der Waals surface area contributed by atoms with E-state index in [2.05, 4.69) is 20.1 Å². The van der Waals surface area contributed by atoms with Crippen molar-refractivity contribution in [2.75, 3.05) is 26.0 Å². The molecule has 0 saturated carbocycles. The van der Waals surface area contributed by atoms with Gasteiger partial charge in [0, 0.05) is 5.69 Å². The van der Waals surface area contributed by atoms with Gasteiger partial charge in [-0.2, -0.15) is 0 Å². The highest BCUT2D eigenvalue weighted by molar-refractivity contribution is 5.86. The molecule has 8 nitrogen and oxygen atoms in total. The number of carbonyl (C=O) groups excluding carboxylic acids is 3. The molecule has 1 unspecified atom stereocenters. The molecule has 4 N–H and O–H groups in total. The summed E-state index contributed by atoms with van der Waals surface area (Å²) in [6.07, 6.45) is 0. The van der Waals surface area contributed by atoms with Crippen LogP contribution in [0.1, 0.15) is 18.5 Å². The van der Waals surface area contributed by atoms with Crippen LogP contribution in [0.5, 0.6) is 0 Å². The van der Waals surface area contributed by atoms with E-state index < -0.39 is 24.0 Å². The predicted molar refractivity (Wildman–Crippen MR) is 78.8 cm³/mol. The first-order valence-corrected chi connectivity index (χ1v) is 6.61. The Bertz CT molecular complexity index is 530. The van der Waals surface area contributed by atoms with Gasteiger partial charge in [0.2, 0.25) is 0 Å². The third kappa shape index (κ3) is 5.31. The Morgan fingerprint density at radius 3 is 2.41 bits per heavy atom. The van der Waals surface area contributed by atoms with Crippen LogP contribution >= 0.6 is 0 Å². The molecular weight excluding hydrogens is 290 g/mol. The van der Waals surface area contributed by atoms with Gasteiger partial charge in [-0.1, -0.05) is 12.1 Å². The number of amides is 2. The summed E-state index contributed by atoms with van der Waals surface area (Å²) in [7, 11) is 1.21. The van der Waals surface area contributed by atoms with Gasteiger partial charge < -0.3 is 25.8 Å². The molecular formula is C14H19N3O5. The average Bonchev–Trinajstić information content (AvgIpc) is 2.51. The van der Waals surface area contributed by atoms with Crippen molar-refractivity contribution >= 4 is 23.7 Å². The molecule has 0 bridgehead atoms. The molecule has 2 amide bonds. The molecule has 120 valence electrons. The minimum absolute atomic E-state index is 0.221. The molecule has 1 aromatic carbocycles. The minimum atomic E-state index is -1.01. The van der Waals surface area contributed by atoms with Crippen molar-refractivity contribution in [2.24, 2.45) is 0 Å². The summed E-state index contributed by atoms with van der Waals surface area (Å²) in [4.78, 5) is 34.7. The van der Waals surface area contributed by atoms with Crippen LogP contribution in [0.3, 0.4) is 0 Å². The van der Waals surface area contributed by atoms with Gasteiger partial charge in [-0.25, -0.2) is 9.59 Å². The van der Waals surface area contributed by atoms with Gasteiger partial charge in [0.25, 0.3) is 0 Å². The average molecular weight is 309 g/mol. The number of hydrogen-bond acceptors (Lipinski definition) is 6. The quantitative estimate of drug-likeness (QED) is 0.515. The number of hydrogen-bond donors (Lipinski definition) is 3. The van der Waals surface area contributed by atoms with Crippen molar-refractivity contribution in [1.82, 2.24) is 10.6 Å². The number of esters is 2. The summed E-state index contributed by atoms with van der Waals surface area (Å²) in [5.41, 5.74) is 6.61. The smallest absolute Gasteiger partial charge is 0.333 e. The zero-order valence-corrected chi connectivity index (χ0v) is 12.4. The van der Waals surface area contributed by atoms with E-state index >= 15 is 0 Å². The van der Waals surface area contributed by atoms with E-state index in [-0.39, 0.29) is 13.2 Å². The van der Waals surface area contributed by atoms with E-state index in [9.17, 15) is 14.4 Å². The van der Waals surface area contributed by atoms with E-state index in [0.717, 1.165) is 0 Å². The van der Waals surface area contributed by atoms with Crippen LogP contribution in [0.4, 0.5) is 10.5 Å². The summed E-state index contributed by atoms with van der Waals surface area (Å²) in [5.74, 6) is -1.21. The van der Waals surface area contributed by atoms with Crippen LogP contribution in [-0.4, -0.2) is 38.2 Å². The van der Waals surface area contributed by atoms with Crippen molar-refractivity contribution in [3.8, 4) is 0 Å². The number of nitrogens with two attached hydrogens (primary N) is 1. The summed E-state index contributed by atoms with van der Waals surface area (Å²) in [6, 6.07) is 4.70. The molecule has 1 atom stereocenters. The lowest BCUT2D eigenvalue weighted by molar-refractivity contribution is -0.143. The Hall–Kier alpha value is -2.77. The van der Waals surface area contributed by atoms with E-state index in [0.29, 0.717) is 11.3 Å². The third-order valence-electron chi connectivity index (χ3n) is 2.68. The number of nitrogen functional groups attached to an aromatic ring is 1. The molecule has 8 heteroatoms. The number of carbonyl (C=O) groups is 3. The number of urea groups is 1. The van der Waals surface area contributed by atoms with Gasteiger partial charge in [-0.05, 0) is 24.6 Å². The molecule has 0 aliphatic heterocycles. The predicted octanol–water partition coefficient (Wildman–Crippen LogP) is 0.345. The largest absolute Gasteiger partial charge is 0.467 e. The first kappa shape index (κ1) is 17.3. The van der Waals surface area contributed by atoms with E-state index in [1.165, 1.54) is 7.11 Å². The van der Waals surface area contributed by atoms with Crippen LogP contribution in [0.25, 0.3) is 0 Å². The summed E-state index contributed by atoms with van der Waals surface area (Å²) < 4.78 is 9.33. The molecule has 0 aliphatic carbocycles. The normalized spacial score (nSPS) is 11.2. The van der Waals surface area contributed by atoms with Gasteiger partial charge in [-0.3, -0.25) is 4.79 Å². The number of benzene rings is 1. The first-order valence-electron chi connectivity index (χ1n) is 6.61. The van der Waals surface area contributed by atoms with E-state index in [1.54, 1.807) is 31.2 Å². The number of anilines is 1. The zero-order valence-electron chi connectivity index (χ0n) is 12.4. The van der Waals surface area contributed by atoms with Gasteiger partial charge >= 0.3 is 18.0 Å². The number of nitrogens with one attached hydrogen (secondary N) is 2. The maximum Gasteiger partial charge on any atom is 0.333 e. The molecule has 0 aromatic heterocycles. The monoisotopic (exact) mass is 309 g/mol. The van der Waals surface area contributed by atoms with Gasteiger partial charge in [-0.15, -0.1) is 0 Å².